The van der Waals surface area contributed by atoms with Crippen molar-refractivity contribution in [1.82, 2.24) is 10.2 Å². The minimum atomic E-state index is -0.00445. The molecule has 0 aromatic heterocycles. The molecule has 2 heterocycles. The summed E-state index contributed by atoms with van der Waals surface area (Å²) in [5.74, 6) is -0.00445. The number of aryl methyl sites for hydroxylation is 1. The number of rotatable bonds is 5. The summed E-state index contributed by atoms with van der Waals surface area (Å²) in [6.07, 6.45) is 4.84. The number of morpholine rings is 1. The summed E-state index contributed by atoms with van der Waals surface area (Å²) in [6, 6.07) is 8.53. The van der Waals surface area contributed by atoms with E-state index in [9.17, 15) is 4.79 Å². The van der Waals surface area contributed by atoms with Crippen LogP contribution in [0.15, 0.2) is 24.3 Å². The van der Waals surface area contributed by atoms with Crippen molar-refractivity contribution in [1.29, 1.82) is 0 Å². The van der Waals surface area contributed by atoms with Gasteiger partial charge in [0.1, 0.15) is 0 Å². The molecule has 1 aromatic rings. The Morgan fingerprint density at radius 1 is 1.36 bits per heavy atom. The van der Waals surface area contributed by atoms with Gasteiger partial charge in [-0.2, -0.15) is 0 Å². The lowest BCUT2D eigenvalue weighted by atomic mass is 10.1. The molecule has 120 valence electrons. The van der Waals surface area contributed by atoms with Gasteiger partial charge >= 0.3 is 0 Å². The maximum Gasteiger partial charge on any atom is 0.251 e. The standard InChI is InChI=1S/C18H26N2O2/c1-2-4-14-6-8-15(9-7-14)18(21)19-11-17-12-20-10-3-5-16(20)13-22-17/h6-9,16-17H,2-5,10-13H2,1H3,(H,19,21)/t16-,17-/m0/s1. The van der Waals surface area contributed by atoms with Crippen LogP contribution in [0.25, 0.3) is 0 Å². The fourth-order valence-corrected chi connectivity index (χ4v) is 3.43. The van der Waals surface area contributed by atoms with Crippen molar-refractivity contribution in [3.8, 4) is 0 Å². The first-order chi connectivity index (χ1) is 10.8. The first-order valence-electron chi connectivity index (χ1n) is 8.49. The summed E-state index contributed by atoms with van der Waals surface area (Å²) in [6.45, 7) is 5.69. The number of amides is 1. The number of hydrogen-bond donors (Lipinski definition) is 1. The highest BCUT2D eigenvalue weighted by molar-refractivity contribution is 5.94. The van der Waals surface area contributed by atoms with Crippen molar-refractivity contribution in [2.75, 3.05) is 26.2 Å². The quantitative estimate of drug-likeness (QED) is 0.907. The van der Waals surface area contributed by atoms with E-state index in [2.05, 4.69) is 17.1 Å². The zero-order valence-corrected chi connectivity index (χ0v) is 13.4. The Bertz CT molecular complexity index is 500. The van der Waals surface area contributed by atoms with Crippen molar-refractivity contribution >= 4 is 5.91 Å². The minimum Gasteiger partial charge on any atom is -0.373 e. The predicted molar refractivity (Wildman–Crippen MR) is 87.1 cm³/mol. The maximum absolute atomic E-state index is 12.2. The molecular weight excluding hydrogens is 276 g/mol. The van der Waals surface area contributed by atoms with Gasteiger partial charge in [0.2, 0.25) is 0 Å². The fourth-order valence-electron chi connectivity index (χ4n) is 3.43. The molecule has 0 unspecified atom stereocenters. The predicted octanol–water partition coefficient (Wildman–Crippen LogP) is 2.23. The van der Waals surface area contributed by atoms with Crippen molar-refractivity contribution < 1.29 is 9.53 Å². The van der Waals surface area contributed by atoms with Crippen LogP contribution in [0.4, 0.5) is 0 Å². The first kappa shape index (κ1) is 15.5. The second kappa shape index (κ2) is 7.25. The lowest BCUT2D eigenvalue weighted by Gasteiger charge is -2.35. The number of hydrogen-bond acceptors (Lipinski definition) is 3. The molecule has 1 amide bonds. The molecule has 2 fully saturated rings. The van der Waals surface area contributed by atoms with E-state index in [1.165, 1.54) is 24.9 Å². The molecule has 0 spiro atoms. The van der Waals surface area contributed by atoms with Gasteiger partial charge in [-0.25, -0.2) is 0 Å². The number of fused-ring (bicyclic) bond motifs is 1. The van der Waals surface area contributed by atoms with Gasteiger partial charge in [0.15, 0.2) is 0 Å². The van der Waals surface area contributed by atoms with Crippen LogP contribution < -0.4 is 5.32 Å². The van der Waals surface area contributed by atoms with Crippen LogP contribution in [0.5, 0.6) is 0 Å². The smallest absolute Gasteiger partial charge is 0.251 e. The number of nitrogens with zero attached hydrogens (tertiary/aromatic N) is 1. The second-order valence-electron chi connectivity index (χ2n) is 6.40. The molecule has 3 rings (SSSR count). The van der Waals surface area contributed by atoms with Gasteiger partial charge in [-0.05, 0) is 43.5 Å². The van der Waals surface area contributed by atoms with Crippen molar-refractivity contribution in [3.63, 3.8) is 0 Å². The third-order valence-corrected chi connectivity index (χ3v) is 4.71. The molecule has 0 radical (unpaired) electrons. The third kappa shape index (κ3) is 3.68. The van der Waals surface area contributed by atoms with Crippen molar-refractivity contribution in [2.24, 2.45) is 0 Å². The zero-order valence-electron chi connectivity index (χ0n) is 13.4. The van der Waals surface area contributed by atoms with Crippen molar-refractivity contribution in [2.45, 2.75) is 44.8 Å². The molecule has 2 aliphatic rings. The molecule has 4 heteroatoms. The molecular formula is C18H26N2O2. The van der Waals surface area contributed by atoms with Crippen LogP contribution in [0.3, 0.4) is 0 Å². The normalized spacial score (nSPS) is 25.0. The van der Waals surface area contributed by atoms with Crippen molar-refractivity contribution in [3.05, 3.63) is 35.4 Å². The highest BCUT2D eigenvalue weighted by Gasteiger charge is 2.32. The van der Waals surface area contributed by atoms with E-state index >= 15 is 0 Å². The summed E-state index contributed by atoms with van der Waals surface area (Å²) in [5.41, 5.74) is 2.02. The van der Waals surface area contributed by atoms with Gasteiger partial charge in [-0.15, -0.1) is 0 Å². The van der Waals surface area contributed by atoms with E-state index in [0.717, 1.165) is 31.6 Å². The molecule has 0 bridgehead atoms. The Morgan fingerprint density at radius 3 is 2.95 bits per heavy atom. The first-order valence-corrected chi connectivity index (χ1v) is 8.49. The fraction of sp³-hybridized carbons (Fsp3) is 0.611. The van der Waals surface area contributed by atoms with Gasteiger partial charge in [0.05, 0.1) is 12.7 Å². The summed E-state index contributed by atoms with van der Waals surface area (Å²) in [5, 5.41) is 3.01. The average molecular weight is 302 g/mol. The average Bonchev–Trinajstić information content (AvgIpc) is 3.01. The van der Waals surface area contributed by atoms with Crippen LogP contribution >= 0.6 is 0 Å². The van der Waals surface area contributed by atoms with Gasteiger partial charge in [0.25, 0.3) is 5.91 Å². The molecule has 2 aliphatic heterocycles. The lowest BCUT2D eigenvalue weighted by molar-refractivity contribution is -0.0461. The molecule has 4 nitrogen and oxygen atoms in total. The molecule has 1 N–H and O–H groups in total. The van der Waals surface area contributed by atoms with Crippen LogP contribution in [0.2, 0.25) is 0 Å². The van der Waals surface area contributed by atoms with Gasteiger partial charge < -0.3 is 10.1 Å². The third-order valence-electron chi connectivity index (χ3n) is 4.71. The number of carbonyl (C=O) groups excluding carboxylic acids is 1. The second-order valence-corrected chi connectivity index (χ2v) is 6.40. The highest BCUT2D eigenvalue weighted by Crippen LogP contribution is 2.22. The van der Waals surface area contributed by atoms with Gasteiger partial charge in [-0.3, -0.25) is 9.69 Å². The number of carbonyl (C=O) groups is 1. The largest absolute Gasteiger partial charge is 0.373 e. The van der Waals surface area contributed by atoms with E-state index in [4.69, 9.17) is 4.74 Å². The molecule has 1 aromatic carbocycles. The Balaban J connectivity index is 1.47. The Kier molecular flexibility index (Phi) is 5.11. The summed E-state index contributed by atoms with van der Waals surface area (Å²) in [7, 11) is 0. The summed E-state index contributed by atoms with van der Waals surface area (Å²) >= 11 is 0. The van der Waals surface area contributed by atoms with E-state index in [0.29, 0.717) is 12.6 Å². The van der Waals surface area contributed by atoms with E-state index in [1.807, 2.05) is 24.3 Å². The SMILES string of the molecule is CCCc1ccc(C(=O)NC[C@H]2CN3CCC[C@H]3CO2)cc1. The molecule has 2 atom stereocenters. The maximum atomic E-state index is 12.2. The molecule has 22 heavy (non-hydrogen) atoms. The topological polar surface area (TPSA) is 41.6 Å². The van der Waals surface area contributed by atoms with E-state index < -0.39 is 0 Å². The monoisotopic (exact) mass is 302 g/mol. The molecule has 0 saturated carbocycles. The Labute approximate surface area is 132 Å². The number of ether oxygens (including phenoxy) is 1. The number of nitrogens with one attached hydrogen (secondary N) is 1. The minimum absolute atomic E-state index is 0.00445. The van der Waals surface area contributed by atoms with Crippen LogP contribution in [0.1, 0.15) is 42.1 Å². The zero-order chi connectivity index (χ0) is 15.4. The van der Waals surface area contributed by atoms with E-state index in [1.54, 1.807) is 0 Å². The molecule has 2 saturated heterocycles. The van der Waals surface area contributed by atoms with Crippen LogP contribution in [-0.2, 0) is 11.2 Å². The van der Waals surface area contributed by atoms with Crippen LogP contribution in [-0.4, -0.2) is 49.2 Å². The lowest BCUT2D eigenvalue weighted by Crippen LogP contribution is -2.50. The van der Waals surface area contributed by atoms with Gasteiger partial charge in [-0.1, -0.05) is 25.5 Å². The molecule has 0 aliphatic carbocycles. The Hall–Kier alpha value is -1.39. The summed E-state index contributed by atoms with van der Waals surface area (Å²) < 4.78 is 5.87. The van der Waals surface area contributed by atoms with Gasteiger partial charge in [0, 0.05) is 24.7 Å². The van der Waals surface area contributed by atoms with E-state index in [-0.39, 0.29) is 12.0 Å². The van der Waals surface area contributed by atoms with Crippen LogP contribution in [0, 0.1) is 0 Å². The Morgan fingerprint density at radius 2 is 2.18 bits per heavy atom. The number of benzene rings is 1. The highest BCUT2D eigenvalue weighted by atomic mass is 16.5. The summed E-state index contributed by atoms with van der Waals surface area (Å²) in [4.78, 5) is 14.7.